The standard InChI is InChI=1S/C12H26O4S.K/c1-3-5-6-7-8-9-10-11(13)12(4-2)17(14,15)16;/h11-13H,3-10H2,1-2H3,(H,14,15,16);/q;+1/p-1. The molecular weight excluding hydrogens is 279 g/mol. The van der Waals surface area contributed by atoms with E-state index >= 15 is 0 Å². The zero-order valence-electron chi connectivity index (χ0n) is 11.9. The van der Waals surface area contributed by atoms with Gasteiger partial charge >= 0.3 is 51.4 Å². The molecule has 0 amide bonds. The zero-order valence-corrected chi connectivity index (χ0v) is 15.8. The molecule has 0 aromatic heterocycles. The van der Waals surface area contributed by atoms with Crippen molar-refractivity contribution in [3.05, 3.63) is 0 Å². The van der Waals surface area contributed by atoms with Crippen molar-refractivity contribution in [3.8, 4) is 0 Å². The molecule has 0 aromatic carbocycles. The van der Waals surface area contributed by atoms with Crippen LogP contribution in [-0.2, 0) is 10.1 Å². The minimum atomic E-state index is -4.37. The number of rotatable bonds is 10. The number of aliphatic hydroxyl groups excluding tert-OH is 1. The topological polar surface area (TPSA) is 77.4 Å². The normalized spacial score (nSPS) is 14.9. The van der Waals surface area contributed by atoms with Crippen LogP contribution in [-0.4, -0.2) is 29.4 Å². The average Bonchev–Trinajstić information content (AvgIpc) is 2.22. The Bertz CT molecular complexity index is 280. The summed E-state index contributed by atoms with van der Waals surface area (Å²) in [5.74, 6) is 0. The van der Waals surface area contributed by atoms with Crippen molar-refractivity contribution in [2.24, 2.45) is 0 Å². The van der Waals surface area contributed by atoms with E-state index in [9.17, 15) is 18.1 Å². The molecule has 104 valence electrons. The van der Waals surface area contributed by atoms with Crippen molar-refractivity contribution in [2.45, 2.75) is 76.6 Å². The first-order valence-electron chi connectivity index (χ1n) is 6.56. The fraction of sp³-hybridized carbons (Fsp3) is 1.00. The molecule has 0 aliphatic heterocycles. The van der Waals surface area contributed by atoms with E-state index in [1.807, 2.05) is 0 Å². The third-order valence-electron chi connectivity index (χ3n) is 3.06. The third-order valence-corrected chi connectivity index (χ3v) is 4.44. The quantitative estimate of drug-likeness (QED) is 0.333. The Hall–Kier alpha value is 1.51. The van der Waals surface area contributed by atoms with Gasteiger partial charge in [0, 0.05) is 0 Å². The fourth-order valence-corrected chi connectivity index (χ4v) is 2.92. The van der Waals surface area contributed by atoms with Gasteiger partial charge in [0.15, 0.2) is 0 Å². The molecule has 1 N–H and O–H groups in total. The van der Waals surface area contributed by atoms with Gasteiger partial charge in [0.2, 0.25) is 0 Å². The van der Waals surface area contributed by atoms with Crippen LogP contribution < -0.4 is 51.4 Å². The van der Waals surface area contributed by atoms with E-state index in [4.69, 9.17) is 0 Å². The van der Waals surface area contributed by atoms with Gasteiger partial charge in [0.25, 0.3) is 0 Å². The molecule has 2 atom stereocenters. The fourth-order valence-electron chi connectivity index (χ4n) is 1.99. The van der Waals surface area contributed by atoms with Gasteiger partial charge in [-0.1, -0.05) is 52.4 Å². The van der Waals surface area contributed by atoms with E-state index in [0.717, 1.165) is 19.3 Å². The van der Waals surface area contributed by atoms with Gasteiger partial charge in [0.05, 0.1) is 11.4 Å². The van der Waals surface area contributed by atoms with E-state index < -0.39 is 21.5 Å². The van der Waals surface area contributed by atoms with Crippen molar-refractivity contribution in [1.82, 2.24) is 0 Å². The zero-order chi connectivity index (χ0) is 13.3. The minimum absolute atomic E-state index is 0. The Morgan fingerprint density at radius 2 is 1.56 bits per heavy atom. The van der Waals surface area contributed by atoms with E-state index in [0.29, 0.717) is 6.42 Å². The SMILES string of the molecule is CCCCCCCCC(O)C(CC)S(=O)(=O)[O-].[K+]. The van der Waals surface area contributed by atoms with Gasteiger partial charge in [-0.25, -0.2) is 8.42 Å². The smallest absolute Gasteiger partial charge is 0.748 e. The summed E-state index contributed by atoms with van der Waals surface area (Å²) in [6.45, 7) is 3.76. The predicted octanol–water partition coefficient (Wildman–Crippen LogP) is -0.574. The van der Waals surface area contributed by atoms with Gasteiger partial charge in [-0.2, -0.15) is 0 Å². The molecule has 0 saturated carbocycles. The van der Waals surface area contributed by atoms with Crippen molar-refractivity contribution >= 4 is 10.1 Å². The summed E-state index contributed by atoms with van der Waals surface area (Å²) >= 11 is 0. The molecule has 18 heavy (non-hydrogen) atoms. The summed E-state index contributed by atoms with van der Waals surface area (Å²) in [5.41, 5.74) is 0. The van der Waals surface area contributed by atoms with Crippen LogP contribution in [0.15, 0.2) is 0 Å². The Kier molecular flexibility index (Phi) is 14.9. The summed E-state index contributed by atoms with van der Waals surface area (Å²) in [4.78, 5) is 0. The molecular formula is C12H25KO4S. The molecule has 0 bridgehead atoms. The second kappa shape index (κ2) is 12.3. The molecule has 0 heterocycles. The molecule has 0 aliphatic carbocycles. The Morgan fingerprint density at radius 1 is 1.06 bits per heavy atom. The minimum Gasteiger partial charge on any atom is -0.748 e. The molecule has 0 radical (unpaired) electrons. The van der Waals surface area contributed by atoms with Crippen molar-refractivity contribution in [3.63, 3.8) is 0 Å². The maximum absolute atomic E-state index is 10.9. The number of hydrogen-bond acceptors (Lipinski definition) is 4. The van der Waals surface area contributed by atoms with Crippen LogP contribution in [0, 0.1) is 0 Å². The maximum atomic E-state index is 10.9. The number of aliphatic hydroxyl groups is 1. The number of unbranched alkanes of at least 4 members (excludes halogenated alkanes) is 5. The van der Waals surface area contributed by atoms with E-state index in [1.54, 1.807) is 6.92 Å². The summed E-state index contributed by atoms with van der Waals surface area (Å²) < 4.78 is 32.6. The van der Waals surface area contributed by atoms with Crippen LogP contribution in [0.1, 0.15) is 65.2 Å². The molecule has 0 saturated heterocycles. The molecule has 0 fully saturated rings. The van der Waals surface area contributed by atoms with Gasteiger partial charge < -0.3 is 9.66 Å². The van der Waals surface area contributed by atoms with Crippen LogP contribution in [0.4, 0.5) is 0 Å². The second-order valence-corrected chi connectivity index (χ2v) is 6.15. The largest absolute Gasteiger partial charge is 1.00 e. The maximum Gasteiger partial charge on any atom is 1.00 e. The molecule has 4 nitrogen and oxygen atoms in total. The summed E-state index contributed by atoms with van der Waals surface area (Å²) in [7, 11) is -4.37. The van der Waals surface area contributed by atoms with Gasteiger partial charge in [-0.05, 0) is 12.8 Å². The van der Waals surface area contributed by atoms with Crippen LogP contribution in [0.3, 0.4) is 0 Å². The molecule has 6 heteroatoms. The first kappa shape index (κ1) is 21.8. The Morgan fingerprint density at radius 3 is 2.00 bits per heavy atom. The van der Waals surface area contributed by atoms with E-state index in [1.165, 1.54) is 19.3 Å². The van der Waals surface area contributed by atoms with Crippen molar-refractivity contribution in [2.75, 3.05) is 0 Å². The first-order valence-corrected chi connectivity index (χ1v) is 8.03. The summed E-state index contributed by atoms with van der Waals surface area (Å²) in [5, 5.41) is 8.53. The van der Waals surface area contributed by atoms with Crippen molar-refractivity contribution < 1.29 is 69.5 Å². The van der Waals surface area contributed by atoms with Crippen LogP contribution in [0.2, 0.25) is 0 Å². The second-order valence-electron chi connectivity index (χ2n) is 4.56. The molecule has 0 aromatic rings. The Labute approximate surface area is 154 Å². The van der Waals surface area contributed by atoms with Gasteiger partial charge in [-0.15, -0.1) is 0 Å². The first-order chi connectivity index (χ1) is 7.93. The van der Waals surface area contributed by atoms with Crippen LogP contribution >= 0.6 is 0 Å². The summed E-state index contributed by atoms with van der Waals surface area (Å²) in [6.07, 6.45) is 6.07. The van der Waals surface area contributed by atoms with Gasteiger partial charge in [-0.3, -0.25) is 0 Å². The average molecular weight is 304 g/mol. The molecule has 0 aliphatic rings. The van der Waals surface area contributed by atoms with Gasteiger partial charge in [0.1, 0.15) is 10.1 Å². The molecule has 0 rings (SSSR count). The molecule has 0 spiro atoms. The van der Waals surface area contributed by atoms with Crippen LogP contribution in [0.5, 0.6) is 0 Å². The third kappa shape index (κ3) is 10.3. The van der Waals surface area contributed by atoms with Crippen molar-refractivity contribution in [1.29, 1.82) is 0 Å². The van der Waals surface area contributed by atoms with E-state index in [2.05, 4.69) is 6.92 Å². The summed E-state index contributed by atoms with van der Waals surface area (Å²) in [6, 6.07) is 0. The van der Waals surface area contributed by atoms with E-state index in [-0.39, 0.29) is 57.8 Å². The Balaban J connectivity index is 0. The predicted molar refractivity (Wildman–Crippen MR) is 67.8 cm³/mol. The molecule has 2 unspecified atom stereocenters. The number of hydrogen-bond donors (Lipinski definition) is 1. The van der Waals surface area contributed by atoms with Crippen LogP contribution in [0.25, 0.3) is 0 Å². The monoisotopic (exact) mass is 304 g/mol.